The fourth-order valence-electron chi connectivity index (χ4n) is 3.34. The van der Waals surface area contributed by atoms with E-state index in [4.69, 9.17) is 5.26 Å². The molecule has 0 saturated carbocycles. The Labute approximate surface area is 173 Å². The Hall–Kier alpha value is -3.73. The van der Waals surface area contributed by atoms with Gasteiger partial charge in [-0.3, -0.25) is 14.5 Å². The highest BCUT2D eigenvalue weighted by molar-refractivity contribution is 6.09. The number of nitriles is 1. The van der Waals surface area contributed by atoms with E-state index in [2.05, 4.69) is 5.32 Å². The van der Waals surface area contributed by atoms with Crippen molar-refractivity contribution in [2.45, 2.75) is 25.4 Å². The minimum atomic E-state index is -1.33. The molecule has 0 spiro atoms. The molecule has 1 N–H and O–H groups in total. The van der Waals surface area contributed by atoms with Crippen molar-refractivity contribution in [3.63, 3.8) is 0 Å². The fourth-order valence-corrected chi connectivity index (χ4v) is 3.34. The van der Waals surface area contributed by atoms with Crippen LogP contribution < -0.4 is 5.32 Å². The zero-order valence-electron chi connectivity index (χ0n) is 16.8. The second kappa shape index (κ2) is 7.95. The molecule has 1 saturated heterocycles. The van der Waals surface area contributed by atoms with E-state index in [0.717, 1.165) is 10.5 Å². The van der Waals surface area contributed by atoms with Gasteiger partial charge in [0.15, 0.2) is 0 Å². The van der Waals surface area contributed by atoms with E-state index < -0.39 is 29.9 Å². The third-order valence-corrected chi connectivity index (χ3v) is 5.49. The highest BCUT2D eigenvalue weighted by atomic mass is 19.1. The second-order valence-corrected chi connectivity index (χ2v) is 7.37. The number of carbonyl (C=O) groups is 3. The molecule has 154 valence electrons. The predicted octanol–water partition coefficient (Wildman–Crippen LogP) is 2.68. The monoisotopic (exact) mass is 408 g/mol. The zero-order valence-corrected chi connectivity index (χ0v) is 16.8. The normalized spacial score (nSPS) is 19.2. The molecular weight excluding hydrogens is 387 g/mol. The number of benzene rings is 2. The number of amides is 4. The van der Waals surface area contributed by atoms with Gasteiger partial charge in [0.25, 0.3) is 5.91 Å². The first-order chi connectivity index (χ1) is 14.2. The van der Waals surface area contributed by atoms with Crippen LogP contribution in [0.5, 0.6) is 0 Å². The molecule has 0 aliphatic carbocycles. The van der Waals surface area contributed by atoms with Gasteiger partial charge >= 0.3 is 6.03 Å². The summed E-state index contributed by atoms with van der Waals surface area (Å²) in [5, 5.41) is 11.6. The van der Waals surface area contributed by atoms with E-state index in [0.29, 0.717) is 11.1 Å². The van der Waals surface area contributed by atoms with Crippen LogP contribution in [0.4, 0.5) is 9.18 Å². The van der Waals surface area contributed by atoms with Crippen LogP contribution in [-0.2, 0) is 15.1 Å². The molecule has 1 aliphatic rings. The minimum absolute atomic E-state index is 0.372. The Morgan fingerprint density at radius 2 is 1.80 bits per heavy atom. The van der Waals surface area contributed by atoms with Gasteiger partial charge in [0, 0.05) is 7.05 Å². The van der Waals surface area contributed by atoms with Crippen LogP contribution in [0, 0.1) is 17.1 Å². The van der Waals surface area contributed by atoms with Crippen LogP contribution in [-0.4, -0.2) is 41.2 Å². The zero-order chi connectivity index (χ0) is 22.1. The number of hydrogen-bond acceptors (Lipinski definition) is 4. The first-order valence-electron chi connectivity index (χ1n) is 9.33. The van der Waals surface area contributed by atoms with Crippen LogP contribution in [0.25, 0.3) is 0 Å². The Morgan fingerprint density at radius 1 is 1.20 bits per heavy atom. The lowest BCUT2D eigenvalue weighted by molar-refractivity contribution is -0.139. The topological polar surface area (TPSA) is 93.5 Å². The number of likely N-dealkylation sites (N-methyl/N-ethyl adjacent to an activating group) is 1. The smallest absolute Gasteiger partial charge is 0.325 e. The van der Waals surface area contributed by atoms with E-state index >= 15 is 0 Å². The van der Waals surface area contributed by atoms with E-state index in [1.54, 1.807) is 57.3 Å². The second-order valence-electron chi connectivity index (χ2n) is 7.37. The van der Waals surface area contributed by atoms with Crippen molar-refractivity contribution in [3.8, 4) is 6.07 Å². The van der Waals surface area contributed by atoms with Crippen LogP contribution in [0.1, 0.15) is 36.6 Å². The lowest BCUT2D eigenvalue weighted by Gasteiger charge is -2.27. The molecule has 3 rings (SSSR count). The van der Waals surface area contributed by atoms with Gasteiger partial charge in [0.05, 0.1) is 17.7 Å². The van der Waals surface area contributed by atoms with Gasteiger partial charge in [-0.1, -0.05) is 24.3 Å². The Balaban J connectivity index is 1.75. The lowest BCUT2D eigenvalue weighted by atomic mass is 9.91. The van der Waals surface area contributed by atoms with Gasteiger partial charge in [-0.2, -0.15) is 5.26 Å². The van der Waals surface area contributed by atoms with Crippen LogP contribution >= 0.6 is 0 Å². The number of nitrogens with zero attached hydrogens (tertiary/aromatic N) is 3. The number of carbonyl (C=O) groups excluding carboxylic acids is 3. The average molecular weight is 408 g/mol. The molecule has 2 aromatic rings. The number of hydrogen-bond donors (Lipinski definition) is 1. The van der Waals surface area contributed by atoms with Crippen molar-refractivity contribution in [3.05, 3.63) is 71.0 Å². The van der Waals surface area contributed by atoms with E-state index in [9.17, 15) is 18.8 Å². The first kappa shape index (κ1) is 21.0. The molecular formula is C22H21FN4O3. The largest absolute Gasteiger partial charge is 0.337 e. The van der Waals surface area contributed by atoms with Gasteiger partial charge in [0.2, 0.25) is 5.91 Å². The van der Waals surface area contributed by atoms with E-state index in [-0.39, 0.29) is 11.9 Å². The predicted molar refractivity (Wildman–Crippen MR) is 106 cm³/mol. The van der Waals surface area contributed by atoms with Crippen LogP contribution in [0.2, 0.25) is 0 Å². The molecule has 7 nitrogen and oxygen atoms in total. The van der Waals surface area contributed by atoms with Crippen LogP contribution in [0.3, 0.4) is 0 Å². The molecule has 0 aromatic heterocycles. The molecule has 1 aliphatic heterocycles. The summed E-state index contributed by atoms with van der Waals surface area (Å²) in [6, 6.07) is 13.1. The molecule has 0 bridgehead atoms. The number of rotatable bonds is 5. The standard InChI is InChI=1S/C22H21FN4O3/c1-14(16-6-10-18(23)11-7-16)26(3)19(28)13-27-20(29)22(2,25-21(27)30)17-8-4-15(12-24)5-9-17/h4-11,14H,13H2,1-3H3,(H,25,30). The number of nitrogens with one attached hydrogen (secondary N) is 1. The third kappa shape index (κ3) is 3.74. The molecule has 1 heterocycles. The molecule has 2 aromatic carbocycles. The molecule has 2 unspecified atom stereocenters. The van der Waals surface area contributed by atoms with Gasteiger partial charge in [0.1, 0.15) is 17.9 Å². The SMILES string of the molecule is CC(c1ccc(F)cc1)N(C)C(=O)CN1C(=O)NC(C)(c2ccc(C#N)cc2)C1=O. The van der Waals surface area contributed by atoms with E-state index in [1.165, 1.54) is 17.0 Å². The Morgan fingerprint density at radius 3 is 2.37 bits per heavy atom. The first-order valence-corrected chi connectivity index (χ1v) is 9.33. The molecule has 2 atom stereocenters. The molecule has 0 radical (unpaired) electrons. The summed E-state index contributed by atoms with van der Waals surface area (Å²) >= 11 is 0. The van der Waals surface area contributed by atoms with Gasteiger partial charge in [-0.25, -0.2) is 9.18 Å². The highest BCUT2D eigenvalue weighted by Crippen LogP contribution is 2.29. The van der Waals surface area contributed by atoms with Crippen molar-refractivity contribution in [1.29, 1.82) is 5.26 Å². The van der Waals surface area contributed by atoms with Gasteiger partial charge < -0.3 is 10.2 Å². The molecule has 8 heteroatoms. The van der Waals surface area contributed by atoms with Crippen molar-refractivity contribution in [1.82, 2.24) is 15.1 Å². The minimum Gasteiger partial charge on any atom is -0.337 e. The fraction of sp³-hybridized carbons (Fsp3) is 0.273. The molecule has 4 amide bonds. The summed E-state index contributed by atoms with van der Waals surface area (Å²) < 4.78 is 13.1. The van der Waals surface area contributed by atoms with Gasteiger partial charge in [-0.15, -0.1) is 0 Å². The Bertz CT molecular complexity index is 1030. The van der Waals surface area contributed by atoms with Crippen molar-refractivity contribution < 1.29 is 18.8 Å². The maximum absolute atomic E-state index is 13.1. The number of urea groups is 1. The maximum atomic E-state index is 13.1. The van der Waals surface area contributed by atoms with Crippen molar-refractivity contribution in [2.24, 2.45) is 0 Å². The van der Waals surface area contributed by atoms with Crippen molar-refractivity contribution in [2.75, 3.05) is 13.6 Å². The molecule has 30 heavy (non-hydrogen) atoms. The summed E-state index contributed by atoms with van der Waals surface area (Å²) in [4.78, 5) is 40.5. The van der Waals surface area contributed by atoms with E-state index in [1.807, 2.05) is 6.07 Å². The lowest BCUT2D eigenvalue weighted by Crippen LogP contribution is -2.44. The quantitative estimate of drug-likeness (QED) is 0.770. The highest BCUT2D eigenvalue weighted by Gasteiger charge is 2.49. The summed E-state index contributed by atoms with van der Waals surface area (Å²) in [5.74, 6) is -1.35. The number of halogens is 1. The third-order valence-electron chi connectivity index (χ3n) is 5.49. The summed E-state index contributed by atoms with van der Waals surface area (Å²) in [6.07, 6.45) is 0. The summed E-state index contributed by atoms with van der Waals surface area (Å²) in [7, 11) is 1.56. The summed E-state index contributed by atoms with van der Waals surface area (Å²) in [6.45, 7) is 2.92. The summed E-state index contributed by atoms with van der Waals surface area (Å²) in [5.41, 5.74) is 0.351. The van der Waals surface area contributed by atoms with Crippen molar-refractivity contribution >= 4 is 17.8 Å². The molecule has 1 fully saturated rings. The van der Waals surface area contributed by atoms with Crippen LogP contribution in [0.15, 0.2) is 48.5 Å². The Kier molecular flexibility index (Phi) is 5.56. The maximum Gasteiger partial charge on any atom is 0.325 e. The number of imide groups is 1. The van der Waals surface area contributed by atoms with Gasteiger partial charge in [-0.05, 0) is 49.2 Å². The average Bonchev–Trinajstić information content (AvgIpc) is 2.97.